The van der Waals surface area contributed by atoms with Gasteiger partial charge in [0.2, 0.25) is 5.95 Å². The van der Waals surface area contributed by atoms with E-state index < -0.39 is 0 Å². The van der Waals surface area contributed by atoms with Gasteiger partial charge in [-0.15, -0.1) is 0 Å². The molecule has 0 radical (unpaired) electrons. The van der Waals surface area contributed by atoms with E-state index in [1.807, 2.05) is 0 Å². The van der Waals surface area contributed by atoms with Crippen LogP contribution in [0.3, 0.4) is 0 Å². The van der Waals surface area contributed by atoms with Gasteiger partial charge >= 0.3 is 0 Å². The molecule has 2 heterocycles. The molecular formula is C14H24N4. The third kappa shape index (κ3) is 2.99. The molecule has 0 saturated carbocycles. The average Bonchev–Trinajstić information content (AvgIpc) is 2.39. The first-order valence-electron chi connectivity index (χ1n) is 7.02. The number of piperidine rings is 1. The molecule has 4 nitrogen and oxygen atoms in total. The summed E-state index contributed by atoms with van der Waals surface area (Å²) in [7, 11) is 0. The molecule has 0 unspecified atom stereocenters. The van der Waals surface area contributed by atoms with Crippen molar-refractivity contribution in [2.75, 3.05) is 24.5 Å². The summed E-state index contributed by atoms with van der Waals surface area (Å²) in [5.74, 6) is 0.921. The van der Waals surface area contributed by atoms with E-state index in [2.05, 4.69) is 41.0 Å². The van der Waals surface area contributed by atoms with E-state index in [4.69, 9.17) is 0 Å². The topological polar surface area (TPSA) is 41.1 Å². The number of rotatable bonds is 4. The second kappa shape index (κ2) is 6.14. The standard InChI is InChI=1S/C14H24N4/c1-4-15-10-13-11(2)16-14(17-12(13)3)18-8-6-5-7-9-18/h15H,4-10H2,1-3H3. The maximum absolute atomic E-state index is 4.69. The summed E-state index contributed by atoms with van der Waals surface area (Å²) in [5.41, 5.74) is 3.48. The molecule has 0 bridgehead atoms. The highest BCUT2D eigenvalue weighted by atomic mass is 15.3. The van der Waals surface area contributed by atoms with Gasteiger partial charge in [-0.05, 0) is 39.7 Å². The molecule has 0 aliphatic carbocycles. The van der Waals surface area contributed by atoms with Crippen molar-refractivity contribution in [2.45, 2.75) is 46.6 Å². The van der Waals surface area contributed by atoms with Crippen LogP contribution >= 0.6 is 0 Å². The van der Waals surface area contributed by atoms with Gasteiger partial charge in [-0.1, -0.05) is 6.92 Å². The van der Waals surface area contributed by atoms with Crippen LogP contribution in [0.25, 0.3) is 0 Å². The number of hydrogen-bond donors (Lipinski definition) is 1. The zero-order valence-electron chi connectivity index (χ0n) is 11.8. The van der Waals surface area contributed by atoms with Crippen LogP contribution in [0, 0.1) is 13.8 Å². The Morgan fingerprint density at radius 2 is 1.67 bits per heavy atom. The number of aryl methyl sites for hydroxylation is 2. The SMILES string of the molecule is CCNCc1c(C)nc(N2CCCCC2)nc1C. The molecule has 1 aromatic rings. The monoisotopic (exact) mass is 248 g/mol. The van der Waals surface area contributed by atoms with Crippen LogP contribution in [-0.2, 0) is 6.54 Å². The largest absolute Gasteiger partial charge is 0.341 e. The zero-order valence-corrected chi connectivity index (χ0v) is 11.8. The van der Waals surface area contributed by atoms with E-state index in [0.717, 1.165) is 43.5 Å². The van der Waals surface area contributed by atoms with Crippen LogP contribution in [0.2, 0.25) is 0 Å². The van der Waals surface area contributed by atoms with Gasteiger partial charge in [0.05, 0.1) is 0 Å². The van der Waals surface area contributed by atoms with E-state index in [1.165, 1.54) is 24.8 Å². The summed E-state index contributed by atoms with van der Waals surface area (Å²) in [6.07, 6.45) is 3.87. The van der Waals surface area contributed by atoms with Crippen molar-refractivity contribution in [1.82, 2.24) is 15.3 Å². The van der Waals surface area contributed by atoms with E-state index in [1.54, 1.807) is 0 Å². The lowest BCUT2D eigenvalue weighted by Crippen LogP contribution is -2.31. The van der Waals surface area contributed by atoms with Crippen molar-refractivity contribution in [3.05, 3.63) is 17.0 Å². The molecule has 0 amide bonds. The maximum Gasteiger partial charge on any atom is 0.225 e. The highest BCUT2D eigenvalue weighted by molar-refractivity contribution is 5.36. The Kier molecular flexibility index (Phi) is 4.53. The van der Waals surface area contributed by atoms with Crippen molar-refractivity contribution in [3.63, 3.8) is 0 Å². The Hall–Kier alpha value is -1.16. The van der Waals surface area contributed by atoms with Crippen LogP contribution in [0.1, 0.15) is 43.1 Å². The highest BCUT2D eigenvalue weighted by Crippen LogP contribution is 2.19. The van der Waals surface area contributed by atoms with Crippen molar-refractivity contribution >= 4 is 5.95 Å². The van der Waals surface area contributed by atoms with Crippen molar-refractivity contribution in [1.29, 1.82) is 0 Å². The first-order chi connectivity index (χ1) is 8.72. The van der Waals surface area contributed by atoms with Gasteiger partial charge < -0.3 is 10.2 Å². The normalized spacial score (nSPS) is 16.1. The minimum Gasteiger partial charge on any atom is -0.341 e. The summed E-state index contributed by atoms with van der Waals surface area (Å²) in [4.78, 5) is 11.7. The molecule has 0 spiro atoms. The van der Waals surface area contributed by atoms with Crippen LogP contribution < -0.4 is 10.2 Å². The van der Waals surface area contributed by atoms with Gasteiger partial charge in [-0.25, -0.2) is 9.97 Å². The molecule has 1 aliphatic heterocycles. The third-order valence-electron chi connectivity index (χ3n) is 3.60. The number of aromatic nitrogens is 2. The molecule has 0 atom stereocenters. The molecule has 1 fully saturated rings. The molecule has 0 aromatic carbocycles. The third-order valence-corrected chi connectivity index (χ3v) is 3.60. The lowest BCUT2D eigenvalue weighted by Gasteiger charge is -2.27. The molecular weight excluding hydrogens is 224 g/mol. The molecule has 1 aliphatic rings. The Morgan fingerprint density at radius 3 is 2.22 bits per heavy atom. The number of hydrogen-bond acceptors (Lipinski definition) is 4. The average molecular weight is 248 g/mol. The van der Waals surface area contributed by atoms with Gasteiger partial charge in [0.25, 0.3) is 0 Å². The second-order valence-corrected chi connectivity index (χ2v) is 5.00. The van der Waals surface area contributed by atoms with E-state index >= 15 is 0 Å². The van der Waals surface area contributed by atoms with Crippen LogP contribution in [-0.4, -0.2) is 29.6 Å². The molecule has 18 heavy (non-hydrogen) atoms. The fraction of sp³-hybridized carbons (Fsp3) is 0.714. The maximum atomic E-state index is 4.69. The van der Waals surface area contributed by atoms with Crippen LogP contribution in [0.15, 0.2) is 0 Å². The lowest BCUT2D eigenvalue weighted by atomic mass is 10.1. The number of nitrogens with one attached hydrogen (secondary N) is 1. The predicted molar refractivity (Wildman–Crippen MR) is 75.0 cm³/mol. The number of anilines is 1. The number of nitrogens with zero attached hydrogens (tertiary/aromatic N) is 3. The predicted octanol–water partition coefficient (Wildman–Crippen LogP) is 2.19. The Labute approximate surface area is 110 Å². The first kappa shape index (κ1) is 13.3. The van der Waals surface area contributed by atoms with E-state index in [-0.39, 0.29) is 0 Å². The summed E-state index contributed by atoms with van der Waals surface area (Å²) in [5, 5.41) is 3.35. The Balaban J connectivity index is 2.18. The van der Waals surface area contributed by atoms with Crippen LogP contribution in [0.4, 0.5) is 5.95 Å². The van der Waals surface area contributed by atoms with Crippen molar-refractivity contribution < 1.29 is 0 Å². The molecule has 4 heteroatoms. The molecule has 1 aromatic heterocycles. The summed E-state index contributed by atoms with van der Waals surface area (Å²) < 4.78 is 0. The van der Waals surface area contributed by atoms with Crippen molar-refractivity contribution in [3.8, 4) is 0 Å². The van der Waals surface area contributed by atoms with Gasteiger partial charge in [-0.3, -0.25) is 0 Å². The quantitative estimate of drug-likeness (QED) is 0.887. The van der Waals surface area contributed by atoms with Gasteiger partial charge in [0, 0.05) is 36.6 Å². The van der Waals surface area contributed by atoms with Crippen LogP contribution in [0.5, 0.6) is 0 Å². The minimum absolute atomic E-state index is 0.869. The fourth-order valence-electron chi connectivity index (χ4n) is 2.46. The Morgan fingerprint density at radius 1 is 1.06 bits per heavy atom. The van der Waals surface area contributed by atoms with Gasteiger partial charge in [0.15, 0.2) is 0 Å². The molecule has 1 saturated heterocycles. The molecule has 100 valence electrons. The minimum atomic E-state index is 0.869. The van der Waals surface area contributed by atoms with Crippen molar-refractivity contribution in [2.24, 2.45) is 0 Å². The summed E-state index contributed by atoms with van der Waals surface area (Å²) in [6.45, 7) is 10.4. The summed E-state index contributed by atoms with van der Waals surface area (Å²) in [6, 6.07) is 0. The highest BCUT2D eigenvalue weighted by Gasteiger charge is 2.16. The van der Waals surface area contributed by atoms with E-state index in [9.17, 15) is 0 Å². The zero-order chi connectivity index (χ0) is 13.0. The molecule has 1 N–H and O–H groups in total. The second-order valence-electron chi connectivity index (χ2n) is 5.00. The summed E-state index contributed by atoms with van der Waals surface area (Å²) >= 11 is 0. The van der Waals surface area contributed by atoms with Gasteiger partial charge in [-0.2, -0.15) is 0 Å². The lowest BCUT2D eigenvalue weighted by molar-refractivity contribution is 0.566. The Bertz CT molecular complexity index is 374. The first-order valence-corrected chi connectivity index (χ1v) is 7.02. The van der Waals surface area contributed by atoms with Gasteiger partial charge in [0.1, 0.15) is 0 Å². The molecule has 2 rings (SSSR count). The van der Waals surface area contributed by atoms with E-state index in [0.29, 0.717) is 0 Å². The smallest absolute Gasteiger partial charge is 0.225 e. The fourth-order valence-corrected chi connectivity index (χ4v) is 2.46.